The number of benzene rings is 2. The third-order valence-electron chi connectivity index (χ3n) is 6.09. The fraction of sp³-hybridized carbons (Fsp3) is 0.321. The first-order chi connectivity index (χ1) is 17.2. The van der Waals surface area contributed by atoms with Gasteiger partial charge in [-0.3, -0.25) is 9.36 Å². The summed E-state index contributed by atoms with van der Waals surface area (Å²) in [6.45, 7) is 8.28. The van der Waals surface area contributed by atoms with Crippen molar-refractivity contribution < 1.29 is 14.6 Å². The maximum Gasteiger partial charge on any atom is 0.338 e. The van der Waals surface area contributed by atoms with Crippen LogP contribution in [0.5, 0.6) is 5.75 Å². The molecule has 0 spiro atoms. The van der Waals surface area contributed by atoms with Crippen LogP contribution in [0.25, 0.3) is 6.08 Å². The minimum Gasteiger partial charge on any atom is -0.507 e. The Labute approximate surface area is 222 Å². The van der Waals surface area contributed by atoms with Gasteiger partial charge in [0, 0.05) is 10.0 Å². The molecule has 0 aliphatic carbocycles. The molecule has 188 valence electrons. The second kappa shape index (κ2) is 11.0. The fourth-order valence-electron chi connectivity index (χ4n) is 4.28. The Morgan fingerprint density at radius 2 is 1.94 bits per heavy atom. The lowest BCUT2D eigenvalue weighted by Crippen LogP contribution is -2.40. The van der Waals surface area contributed by atoms with E-state index in [0.717, 1.165) is 16.5 Å². The number of hydrogen-bond acceptors (Lipinski definition) is 6. The number of allylic oxidation sites excluding steroid dienone is 1. The summed E-state index contributed by atoms with van der Waals surface area (Å²) in [4.78, 5) is 32.3. The van der Waals surface area contributed by atoms with Crippen molar-refractivity contribution in [2.24, 2.45) is 4.99 Å². The molecule has 3 aromatic rings. The van der Waals surface area contributed by atoms with Gasteiger partial charge in [-0.2, -0.15) is 0 Å². The highest BCUT2D eigenvalue weighted by Crippen LogP contribution is 2.33. The smallest absolute Gasteiger partial charge is 0.338 e. The number of phenols is 1. The van der Waals surface area contributed by atoms with E-state index in [4.69, 9.17) is 9.73 Å². The highest BCUT2D eigenvalue weighted by molar-refractivity contribution is 9.10. The minimum atomic E-state index is -0.652. The van der Waals surface area contributed by atoms with Crippen molar-refractivity contribution in [3.63, 3.8) is 0 Å². The van der Waals surface area contributed by atoms with E-state index in [9.17, 15) is 14.7 Å². The number of carbonyl (C=O) groups is 1. The Kier molecular flexibility index (Phi) is 7.95. The molecule has 1 aliphatic rings. The number of carbonyl (C=O) groups excluding carboxylic acids is 1. The van der Waals surface area contributed by atoms with Gasteiger partial charge in [0.15, 0.2) is 4.80 Å². The van der Waals surface area contributed by atoms with Crippen LogP contribution in [0.15, 0.2) is 68.0 Å². The largest absolute Gasteiger partial charge is 0.507 e. The van der Waals surface area contributed by atoms with Gasteiger partial charge in [-0.05, 0) is 54.7 Å². The topological polar surface area (TPSA) is 80.9 Å². The predicted octanol–water partition coefficient (Wildman–Crippen LogP) is 5.17. The van der Waals surface area contributed by atoms with Crippen LogP contribution in [-0.4, -0.2) is 22.2 Å². The van der Waals surface area contributed by atoms with Crippen LogP contribution in [0.2, 0.25) is 0 Å². The molecule has 1 atom stereocenters. The number of fused-ring (bicyclic) bond motifs is 1. The van der Waals surface area contributed by atoms with Gasteiger partial charge in [-0.1, -0.05) is 78.7 Å². The molecule has 0 bridgehead atoms. The number of hydrogen-bond donors (Lipinski definition) is 1. The number of aromatic hydroxyl groups is 1. The molecule has 4 rings (SSSR count). The van der Waals surface area contributed by atoms with Crippen LogP contribution >= 0.6 is 27.3 Å². The second-order valence-corrected chi connectivity index (χ2v) is 10.9. The first-order valence-electron chi connectivity index (χ1n) is 12.0. The minimum absolute atomic E-state index is 0.0729. The Balaban J connectivity index is 1.99. The van der Waals surface area contributed by atoms with Gasteiger partial charge < -0.3 is 9.84 Å². The van der Waals surface area contributed by atoms with Gasteiger partial charge in [0.2, 0.25) is 0 Å². The van der Waals surface area contributed by atoms with Crippen LogP contribution in [0, 0.1) is 0 Å². The maximum absolute atomic E-state index is 13.8. The van der Waals surface area contributed by atoms with Gasteiger partial charge in [0.1, 0.15) is 5.75 Å². The zero-order chi connectivity index (χ0) is 26.0. The van der Waals surface area contributed by atoms with Crippen LogP contribution in [0.1, 0.15) is 69.2 Å². The van der Waals surface area contributed by atoms with Crippen LogP contribution in [-0.2, 0) is 9.53 Å². The lowest BCUT2D eigenvalue weighted by atomic mass is 9.92. The molecule has 2 heterocycles. The molecule has 36 heavy (non-hydrogen) atoms. The normalized spacial score (nSPS) is 15.7. The molecule has 2 aromatic carbocycles. The van der Waals surface area contributed by atoms with E-state index in [1.165, 1.54) is 16.9 Å². The zero-order valence-electron chi connectivity index (χ0n) is 20.7. The standard InChI is InChI=1S/C28H29BrN2O4S/c1-5-7-21-24(27(34)35-6-2)25(18-10-8-17(9-11-18)16(3)4)31-26(33)23(36-28(31)30-21)15-19-14-20(29)12-13-22(19)32/h8-16,25,32H,5-7H2,1-4H3/b23-15-/t25-/m1/s1. The Hall–Kier alpha value is -2.97. The van der Waals surface area contributed by atoms with Crippen molar-refractivity contribution in [1.82, 2.24) is 4.57 Å². The molecule has 0 amide bonds. The number of phenolic OH excluding ortho intramolecular Hbond substituents is 1. The van der Waals surface area contributed by atoms with Crippen molar-refractivity contribution in [3.8, 4) is 5.75 Å². The van der Waals surface area contributed by atoms with Crippen molar-refractivity contribution in [3.05, 3.63) is 94.6 Å². The average molecular weight is 570 g/mol. The fourth-order valence-corrected chi connectivity index (χ4v) is 5.67. The zero-order valence-corrected chi connectivity index (χ0v) is 23.1. The molecule has 1 aromatic heterocycles. The van der Waals surface area contributed by atoms with E-state index < -0.39 is 12.0 Å². The van der Waals surface area contributed by atoms with E-state index >= 15 is 0 Å². The summed E-state index contributed by atoms with van der Waals surface area (Å²) in [5, 5.41) is 10.3. The summed E-state index contributed by atoms with van der Waals surface area (Å²) in [5.41, 5.74) is 3.29. The molecule has 1 aliphatic heterocycles. The molecule has 6 nitrogen and oxygen atoms in total. The van der Waals surface area contributed by atoms with E-state index in [1.807, 2.05) is 31.2 Å². The van der Waals surface area contributed by atoms with Crippen molar-refractivity contribution in [2.45, 2.75) is 52.5 Å². The van der Waals surface area contributed by atoms with Crippen LogP contribution in [0.4, 0.5) is 0 Å². The Morgan fingerprint density at radius 1 is 1.22 bits per heavy atom. The molecule has 1 N–H and O–H groups in total. The average Bonchev–Trinajstić information content (AvgIpc) is 3.15. The van der Waals surface area contributed by atoms with Crippen LogP contribution in [0.3, 0.4) is 0 Å². The number of halogens is 1. The van der Waals surface area contributed by atoms with Gasteiger partial charge in [-0.15, -0.1) is 0 Å². The summed E-state index contributed by atoms with van der Waals surface area (Å²) in [6.07, 6.45) is 3.05. The summed E-state index contributed by atoms with van der Waals surface area (Å²) in [6, 6.07) is 12.4. The molecule has 8 heteroatoms. The van der Waals surface area contributed by atoms with E-state index in [-0.39, 0.29) is 17.9 Å². The maximum atomic E-state index is 13.8. The summed E-state index contributed by atoms with van der Waals surface area (Å²) >= 11 is 4.67. The highest BCUT2D eigenvalue weighted by atomic mass is 79.9. The summed E-state index contributed by atoms with van der Waals surface area (Å²) < 4.78 is 8.24. The lowest BCUT2D eigenvalue weighted by molar-refractivity contribution is -0.139. The number of esters is 1. The monoisotopic (exact) mass is 568 g/mol. The van der Waals surface area contributed by atoms with Crippen molar-refractivity contribution >= 4 is 39.3 Å². The van der Waals surface area contributed by atoms with Crippen molar-refractivity contribution in [2.75, 3.05) is 6.61 Å². The van der Waals surface area contributed by atoms with Crippen molar-refractivity contribution in [1.29, 1.82) is 0 Å². The predicted molar refractivity (Wildman–Crippen MR) is 146 cm³/mol. The van der Waals surface area contributed by atoms with Gasteiger partial charge in [0.05, 0.1) is 28.5 Å². The quantitative estimate of drug-likeness (QED) is 0.399. The molecule has 0 unspecified atom stereocenters. The first kappa shape index (κ1) is 26.1. The van der Waals surface area contributed by atoms with E-state index in [1.54, 1.807) is 35.8 Å². The van der Waals surface area contributed by atoms with E-state index in [0.29, 0.717) is 38.5 Å². The number of rotatable bonds is 7. The summed E-state index contributed by atoms with van der Waals surface area (Å²) in [5.74, 6) is -0.0278. The molecular weight excluding hydrogens is 540 g/mol. The Bertz CT molecular complexity index is 1500. The Morgan fingerprint density at radius 3 is 2.58 bits per heavy atom. The third kappa shape index (κ3) is 5.11. The SMILES string of the molecule is CCCC1=C(C(=O)OCC)[C@@H](c2ccc(C(C)C)cc2)n2c(s/c(=C\c3cc(Br)ccc3O)c2=O)=N1. The molecule has 0 saturated heterocycles. The first-order valence-corrected chi connectivity index (χ1v) is 13.7. The molecular formula is C28H29BrN2O4S. The van der Waals surface area contributed by atoms with E-state index in [2.05, 4.69) is 29.8 Å². The van der Waals surface area contributed by atoms with Crippen LogP contribution < -0.4 is 14.9 Å². The van der Waals surface area contributed by atoms with Gasteiger partial charge in [0.25, 0.3) is 5.56 Å². The molecule has 0 saturated carbocycles. The molecule has 0 fully saturated rings. The second-order valence-electron chi connectivity index (χ2n) is 8.94. The summed E-state index contributed by atoms with van der Waals surface area (Å²) in [7, 11) is 0. The van der Waals surface area contributed by atoms with Gasteiger partial charge >= 0.3 is 5.97 Å². The van der Waals surface area contributed by atoms with Gasteiger partial charge in [-0.25, -0.2) is 9.79 Å². The number of nitrogens with zero attached hydrogens (tertiary/aromatic N) is 2. The third-order valence-corrected chi connectivity index (χ3v) is 7.56. The highest BCUT2D eigenvalue weighted by Gasteiger charge is 2.34. The lowest BCUT2D eigenvalue weighted by Gasteiger charge is -2.26. The number of aromatic nitrogens is 1. The number of thiazole rings is 1. The number of ether oxygens (including phenoxy) is 1. The molecule has 0 radical (unpaired) electrons.